The first-order chi connectivity index (χ1) is 9.56. The fourth-order valence-corrected chi connectivity index (χ4v) is 3.87. The van der Waals surface area contributed by atoms with Crippen molar-refractivity contribution in [3.63, 3.8) is 0 Å². The Bertz CT molecular complexity index is 528. The lowest BCUT2D eigenvalue weighted by Crippen LogP contribution is -2.40. The lowest BCUT2D eigenvalue weighted by atomic mass is 10.2. The summed E-state index contributed by atoms with van der Waals surface area (Å²) in [4.78, 5) is 0.293. The van der Waals surface area contributed by atoms with E-state index in [0.29, 0.717) is 4.90 Å². The molecule has 1 aromatic carbocycles. The lowest BCUT2D eigenvalue weighted by Gasteiger charge is -2.19. The first kappa shape index (κ1) is 15.3. The largest absolute Gasteiger partial charge is 0.385 e. The molecule has 1 saturated carbocycles. The van der Waals surface area contributed by atoms with Crippen LogP contribution in [0.25, 0.3) is 0 Å². The molecule has 0 heterocycles. The van der Waals surface area contributed by atoms with Crippen molar-refractivity contribution in [1.82, 2.24) is 4.72 Å². The fraction of sp³-hybridized carbons (Fsp3) is 0.571. The minimum Gasteiger partial charge on any atom is -0.385 e. The molecule has 2 atom stereocenters. The van der Waals surface area contributed by atoms with E-state index >= 15 is 0 Å². The molecule has 2 rings (SSSR count). The van der Waals surface area contributed by atoms with Gasteiger partial charge < -0.3 is 10.1 Å². The first-order valence-corrected chi connectivity index (χ1v) is 8.44. The average Bonchev–Trinajstić information content (AvgIpc) is 2.86. The van der Waals surface area contributed by atoms with Gasteiger partial charge in [0.1, 0.15) is 0 Å². The summed E-state index contributed by atoms with van der Waals surface area (Å²) in [6.07, 6.45) is 2.70. The van der Waals surface area contributed by atoms with E-state index in [1.54, 1.807) is 31.4 Å². The molecule has 6 heteroatoms. The summed E-state index contributed by atoms with van der Waals surface area (Å²) >= 11 is 0. The molecule has 1 aliphatic rings. The van der Waals surface area contributed by atoms with Gasteiger partial charge in [0.05, 0.1) is 11.0 Å². The summed E-state index contributed by atoms with van der Waals surface area (Å²) in [5.74, 6) is 0. The molecule has 0 saturated heterocycles. The maximum Gasteiger partial charge on any atom is 0.240 e. The fourth-order valence-electron chi connectivity index (χ4n) is 2.57. The maximum atomic E-state index is 12.3. The SMILES string of the molecule is CCNc1ccc(S(=O)(=O)NC2CCCC2OC)cc1. The predicted molar refractivity (Wildman–Crippen MR) is 79.4 cm³/mol. The lowest BCUT2D eigenvalue weighted by molar-refractivity contribution is 0.0916. The predicted octanol–water partition coefficient (Wildman–Crippen LogP) is 1.96. The zero-order valence-electron chi connectivity index (χ0n) is 11.9. The number of benzene rings is 1. The smallest absolute Gasteiger partial charge is 0.240 e. The van der Waals surface area contributed by atoms with Gasteiger partial charge in [-0.05, 0) is 50.5 Å². The van der Waals surface area contributed by atoms with E-state index in [0.717, 1.165) is 31.5 Å². The standard InChI is InChI=1S/C14H22N2O3S/c1-3-15-11-7-9-12(10-8-11)20(17,18)16-13-5-4-6-14(13)19-2/h7-10,13-16H,3-6H2,1-2H3. The van der Waals surface area contributed by atoms with E-state index in [1.807, 2.05) is 6.92 Å². The second-order valence-corrected chi connectivity index (χ2v) is 6.70. The minimum atomic E-state index is -3.48. The van der Waals surface area contributed by atoms with Crippen LogP contribution in [-0.2, 0) is 14.8 Å². The molecule has 1 aromatic rings. The van der Waals surface area contributed by atoms with Gasteiger partial charge >= 0.3 is 0 Å². The van der Waals surface area contributed by atoms with Gasteiger partial charge in [0.15, 0.2) is 0 Å². The third-order valence-corrected chi connectivity index (χ3v) is 5.11. The molecule has 0 bridgehead atoms. The Morgan fingerprint density at radius 1 is 1.25 bits per heavy atom. The van der Waals surface area contributed by atoms with E-state index in [4.69, 9.17) is 4.74 Å². The molecule has 0 aliphatic heterocycles. The normalized spacial score (nSPS) is 22.9. The van der Waals surface area contributed by atoms with Gasteiger partial charge in [0, 0.05) is 25.4 Å². The molecule has 1 fully saturated rings. The van der Waals surface area contributed by atoms with Crippen molar-refractivity contribution >= 4 is 15.7 Å². The molecule has 20 heavy (non-hydrogen) atoms. The highest BCUT2D eigenvalue weighted by molar-refractivity contribution is 7.89. The van der Waals surface area contributed by atoms with Crippen molar-refractivity contribution in [3.8, 4) is 0 Å². The first-order valence-electron chi connectivity index (χ1n) is 6.96. The summed E-state index contributed by atoms with van der Waals surface area (Å²) in [5.41, 5.74) is 0.919. The highest BCUT2D eigenvalue weighted by atomic mass is 32.2. The summed E-state index contributed by atoms with van der Waals surface area (Å²) in [7, 11) is -1.85. The van der Waals surface area contributed by atoms with Crippen molar-refractivity contribution in [2.24, 2.45) is 0 Å². The van der Waals surface area contributed by atoms with Crippen LogP contribution >= 0.6 is 0 Å². The average molecular weight is 298 g/mol. The van der Waals surface area contributed by atoms with Crippen LogP contribution in [0, 0.1) is 0 Å². The Hall–Kier alpha value is -1.11. The van der Waals surface area contributed by atoms with Gasteiger partial charge in [-0.25, -0.2) is 13.1 Å². The number of sulfonamides is 1. The van der Waals surface area contributed by atoms with Crippen molar-refractivity contribution in [2.75, 3.05) is 19.0 Å². The van der Waals surface area contributed by atoms with E-state index in [-0.39, 0.29) is 12.1 Å². The number of ether oxygens (including phenoxy) is 1. The van der Waals surface area contributed by atoms with Crippen LogP contribution in [0.1, 0.15) is 26.2 Å². The van der Waals surface area contributed by atoms with Crippen LogP contribution in [0.4, 0.5) is 5.69 Å². The molecule has 1 aliphatic carbocycles. The Morgan fingerprint density at radius 3 is 2.55 bits per heavy atom. The Kier molecular flexibility index (Phi) is 5.01. The Morgan fingerprint density at radius 2 is 1.95 bits per heavy atom. The van der Waals surface area contributed by atoms with Gasteiger partial charge in [-0.15, -0.1) is 0 Å². The zero-order valence-corrected chi connectivity index (χ0v) is 12.7. The Balaban J connectivity index is 2.09. The van der Waals surface area contributed by atoms with Gasteiger partial charge in [-0.2, -0.15) is 0 Å². The van der Waals surface area contributed by atoms with Crippen molar-refractivity contribution < 1.29 is 13.2 Å². The summed E-state index contributed by atoms with van der Waals surface area (Å²) in [5, 5.41) is 3.14. The van der Waals surface area contributed by atoms with E-state index < -0.39 is 10.0 Å². The van der Waals surface area contributed by atoms with Crippen LogP contribution in [0.15, 0.2) is 29.2 Å². The van der Waals surface area contributed by atoms with Gasteiger partial charge in [-0.1, -0.05) is 0 Å². The minimum absolute atomic E-state index is 0.0224. The zero-order chi connectivity index (χ0) is 14.6. The molecule has 0 radical (unpaired) electrons. The number of anilines is 1. The van der Waals surface area contributed by atoms with E-state index in [2.05, 4.69) is 10.0 Å². The van der Waals surface area contributed by atoms with Crippen LogP contribution in [0.2, 0.25) is 0 Å². The number of hydrogen-bond donors (Lipinski definition) is 2. The monoisotopic (exact) mass is 298 g/mol. The molecule has 5 nitrogen and oxygen atoms in total. The third kappa shape index (κ3) is 3.50. The van der Waals surface area contributed by atoms with Crippen molar-refractivity contribution in [3.05, 3.63) is 24.3 Å². The highest BCUT2D eigenvalue weighted by Gasteiger charge is 2.31. The van der Waals surface area contributed by atoms with Crippen LogP contribution in [0.5, 0.6) is 0 Å². The van der Waals surface area contributed by atoms with Crippen LogP contribution in [-0.4, -0.2) is 34.2 Å². The quantitative estimate of drug-likeness (QED) is 0.842. The van der Waals surface area contributed by atoms with E-state index in [1.165, 1.54) is 0 Å². The second kappa shape index (κ2) is 6.56. The van der Waals surface area contributed by atoms with Gasteiger partial charge in [0.2, 0.25) is 10.0 Å². The summed E-state index contributed by atoms with van der Waals surface area (Å²) in [6, 6.07) is 6.67. The molecule has 0 aromatic heterocycles. The topological polar surface area (TPSA) is 67.4 Å². The molecular weight excluding hydrogens is 276 g/mol. The highest BCUT2D eigenvalue weighted by Crippen LogP contribution is 2.23. The second-order valence-electron chi connectivity index (χ2n) is 4.99. The Labute approximate surface area is 120 Å². The van der Waals surface area contributed by atoms with Crippen LogP contribution in [0.3, 0.4) is 0 Å². The third-order valence-electron chi connectivity index (χ3n) is 3.61. The molecular formula is C14H22N2O3S. The molecule has 2 N–H and O–H groups in total. The van der Waals surface area contributed by atoms with Crippen molar-refractivity contribution in [1.29, 1.82) is 0 Å². The number of rotatable bonds is 6. The summed E-state index contributed by atoms with van der Waals surface area (Å²) < 4.78 is 32.7. The number of nitrogens with one attached hydrogen (secondary N) is 2. The van der Waals surface area contributed by atoms with Crippen molar-refractivity contribution in [2.45, 2.75) is 43.2 Å². The van der Waals surface area contributed by atoms with E-state index in [9.17, 15) is 8.42 Å². The molecule has 0 spiro atoms. The molecule has 0 amide bonds. The summed E-state index contributed by atoms with van der Waals surface area (Å²) in [6.45, 7) is 2.80. The number of hydrogen-bond acceptors (Lipinski definition) is 4. The maximum absolute atomic E-state index is 12.3. The van der Waals surface area contributed by atoms with Crippen LogP contribution < -0.4 is 10.0 Å². The number of methoxy groups -OCH3 is 1. The van der Waals surface area contributed by atoms with Gasteiger partial charge in [-0.3, -0.25) is 0 Å². The molecule has 2 unspecified atom stereocenters. The van der Waals surface area contributed by atoms with Gasteiger partial charge in [0.25, 0.3) is 0 Å². The molecule has 112 valence electrons.